The number of thioether (sulfide) groups is 1. The third kappa shape index (κ3) is 4.77. The lowest BCUT2D eigenvalue weighted by molar-refractivity contribution is -0.113. The summed E-state index contributed by atoms with van der Waals surface area (Å²) in [6.07, 6.45) is 0.972. The van der Waals surface area contributed by atoms with Crippen molar-refractivity contribution in [2.24, 2.45) is 0 Å². The van der Waals surface area contributed by atoms with E-state index in [1.165, 1.54) is 17.3 Å². The highest BCUT2D eigenvalue weighted by atomic mass is 32.2. The Labute approximate surface area is 164 Å². The van der Waals surface area contributed by atoms with Gasteiger partial charge in [-0.2, -0.15) is 0 Å². The van der Waals surface area contributed by atoms with Gasteiger partial charge in [-0.1, -0.05) is 55.1 Å². The molecule has 0 aliphatic heterocycles. The van der Waals surface area contributed by atoms with Crippen molar-refractivity contribution < 1.29 is 4.79 Å². The highest BCUT2D eigenvalue weighted by molar-refractivity contribution is 7.99. The summed E-state index contributed by atoms with van der Waals surface area (Å²) in [6.45, 7) is 7.04. The normalized spacial score (nSPS) is 10.8. The fourth-order valence-electron chi connectivity index (χ4n) is 2.77. The number of nitrogens with one attached hydrogen (secondary N) is 1. The predicted molar refractivity (Wildman–Crippen MR) is 111 cm³/mol. The Kier molecular flexibility index (Phi) is 6.29. The van der Waals surface area contributed by atoms with Crippen LogP contribution in [0.2, 0.25) is 0 Å². The quantitative estimate of drug-likeness (QED) is 0.604. The summed E-state index contributed by atoms with van der Waals surface area (Å²) in [7, 11) is 0. The average Bonchev–Trinajstić information content (AvgIpc) is 3.07. The molecule has 3 aromatic rings. The molecule has 2 aromatic carbocycles. The maximum atomic E-state index is 12.3. The van der Waals surface area contributed by atoms with Crippen LogP contribution in [0.5, 0.6) is 0 Å². The lowest BCUT2D eigenvalue weighted by Gasteiger charge is -2.10. The van der Waals surface area contributed by atoms with Gasteiger partial charge in [0.05, 0.1) is 5.75 Å². The molecule has 1 N–H and O–H groups in total. The van der Waals surface area contributed by atoms with Gasteiger partial charge in [-0.15, -0.1) is 10.2 Å². The van der Waals surface area contributed by atoms with Crippen LogP contribution in [0, 0.1) is 13.8 Å². The first-order chi connectivity index (χ1) is 13.1. The molecule has 0 fully saturated rings. The zero-order valence-electron chi connectivity index (χ0n) is 15.9. The van der Waals surface area contributed by atoms with Crippen molar-refractivity contribution in [3.63, 3.8) is 0 Å². The number of carbonyl (C=O) groups excluding carboxylic acids is 1. The van der Waals surface area contributed by atoms with Crippen LogP contribution in [0.3, 0.4) is 0 Å². The van der Waals surface area contributed by atoms with Crippen LogP contribution in [0.4, 0.5) is 5.69 Å². The number of aromatic nitrogens is 3. The van der Waals surface area contributed by atoms with E-state index in [0.717, 1.165) is 40.8 Å². The summed E-state index contributed by atoms with van der Waals surface area (Å²) in [4.78, 5) is 12.3. The van der Waals surface area contributed by atoms with Gasteiger partial charge < -0.3 is 9.88 Å². The molecule has 1 aromatic heterocycles. The molecule has 0 aliphatic rings. The Hall–Kier alpha value is -2.60. The minimum atomic E-state index is -0.0458. The molecule has 0 atom stereocenters. The van der Waals surface area contributed by atoms with Crippen LogP contribution in [0.1, 0.15) is 24.5 Å². The molecule has 1 heterocycles. The van der Waals surface area contributed by atoms with E-state index in [0.29, 0.717) is 5.75 Å². The van der Waals surface area contributed by atoms with Crippen molar-refractivity contribution in [2.75, 3.05) is 11.1 Å². The van der Waals surface area contributed by atoms with E-state index < -0.39 is 0 Å². The van der Waals surface area contributed by atoms with Gasteiger partial charge in [0.15, 0.2) is 11.0 Å². The van der Waals surface area contributed by atoms with Crippen molar-refractivity contribution in [3.05, 3.63) is 59.7 Å². The minimum absolute atomic E-state index is 0.0458. The van der Waals surface area contributed by atoms with Crippen LogP contribution < -0.4 is 5.32 Å². The van der Waals surface area contributed by atoms with E-state index in [-0.39, 0.29) is 5.91 Å². The SMILES string of the molecule is CCCn1c(SCC(=O)Nc2ccc(C)c(C)c2)nnc1-c1ccccc1. The third-order valence-corrected chi connectivity index (χ3v) is 5.29. The first-order valence-corrected chi connectivity index (χ1v) is 10.1. The number of amides is 1. The van der Waals surface area contributed by atoms with Gasteiger partial charge in [0.2, 0.25) is 5.91 Å². The van der Waals surface area contributed by atoms with Crippen molar-refractivity contribution >= 4 is 23.4 Å². The smallest absolute Gasteiger partial charge is 0.234 e. The number of benzene rings is 2. The fourth-order valence-corrected chi connectivity index (χ4v) is 3.53. The van der Waals surface area contributed by atoms with E-state index in [2.05, 4.69) is 33.9 Å². The summed E-state index contributed by atoms with van der Waals surface area (Å²) in [5.74, 6) is 1.09. The second kappa shape index (κ2) is 8.86. The van der Waals surface area contributed by atoms with Crippen LogP contribution in [0.15, 0.2) is 53.7 Å². The molecule has 0 aliphatic carbocycles. The summed E-state index contributed by atoms with van der Waals surface area (Å²) in [6, 6.07) is 15.9. The molecule has 0 saturated carbocycles. The zero-order chi connectivity index (χ0) is 19.2. The Morgan fingerprint density at radius 3 is 2.56 bits per heavy atom. The van der Waals surface area contributed by atoms with Gasteiger partial charge in [0.25, 0.3) is 0 Å². The molecule has 0 spiro atoms. The second-order valence-electron chi connectivity index (χ2n) is 6.46. The van der Waals surface area contributed by atoms with Gasteiger partial charge in [0, 0.05) is 17.8 Å². The first-order valence-electron chi connectivity index (χ1n) is 9.07. The van der Waals surface area contributed by atoms with Gasteiger partial charge in [-0.3, -0.25) is 4.79 Å². The van der Waals surface area contributed by atoms with E-state index in [9.17, 15) is 4.79 Å². The number of carbonyl (C=O) groups is 1. The summed E-state index contributed by atoms with van der Waals surface area (Å²) >= 11 is 1.41. The molecule has 0 bridgehead atoms. The molecular weight excluding hydrogens is 356 g/mol. The Bertz CT molecular complexity index is 921. The molecule has 6 heteroatoms. The lowest BCUT2D eigenvalue weighted by Crippen LogP contribution is -2.15. The number of nitrogens with zero attached hydrogens (tertiary/aromatic N) is 3. The van der Waals surface area contributed by atoms with E-state index in [1.807, 2.05) is 55.5 Å². The maximum Gasteiger partial charge on any atom is 0.234 e. The maximum absolute atomic E-state index is 12.3. The van der Waals surface area contributed by atoms with Gasteiger partial charge in [0.1, 0.15) is 0 Å². The summed E-state index contributed by atoms with van der Waals surface area (Å²) in [5.41, 5.74) is 4.23. The Balaban J connectivity index is 1.69. The topological polar surface area (TPSA) is 59.8 Å². The van der Waals surface area contributed by atoms with E-state index in [4.69, 9.17) is 0 Å². The third-order valence-electron chi connectivity index (χ3n) is 4.32. The van der Waals surface area contributed by atoms with Gasteiger partial charge in [-0.25, -0.2) is 0 Å². The van der Waals surface area contributed by atoms with Gasteiger partial charge in [-0.05, 0) is 43.5 Å². The van der Waals surface area contributed by atoms with Crippen LogP contribution in [-0.2, 0) is 11.3 Å². The number of hydrogen-bond donors (Lipinski definition) is 1. The van der Waals surface area contributed by atoms with Crippen LogP contribution in [0.25, 0.3) is 11.4 Å². The lowest BCUT2D eigenvalue weighted by atomic mass is 10.1. The molecule has 1 amide bonds. The van der Waals surface area contributed by atoms with Gasteiger partial charge >= 0.3 is 0 Å². The molecule has 0 saturated heterocycles. The number of anilines is 1. The molecule has 5 nitrogen and oxygen atoms in total. The number of aryl methyl sites for hydroxylation is 2. The van der Waals surface area contributed by atoms with E-state index >= 15 is 0 Å². The molecule has 140 valence electrons. The Morgan fingerprint density at radius 2 is 1.85 bits per heavy atom. The minimum Gasteiger partial charge on any atom is -0.325 e. The largest absolute Gasteiger partial charge is 0.325 e. The molecule has 3 rings (SSSR count). The number of rotatable bonds is 7. The van der Waals surface area contributed by atoms with Crippen LogP contribution >= 0.6 is 11.8 Å². The summed E-state index contributed by atoms with van der Waals surface area (Å²) in [5, 5.41) is 12.4. The predicted octanol–water partition coefficient (Wildman–Crippen LogP) is 4.70. The van der Waals surface area contributed by atoms with Crippen molar-refractivity contribution in [2.45, 2.75) is 38.9 Å². The monoisotopic (exact) mass is 380 g/mol. The fraction of sp³-hybridized carbons (Fsp3) is 0.286. The second-order valence-corrected chi connectivity index (χ2v) is 7.40. The van der Waals surface area contributed by atoms with E-state index in [1.54, 1.807) is 0 Å². The molecule has 0 unspecified atom stereocenters. The van der Waals surface area contributed by atoms with Crippen molar-refractivity contribution in [1.82, 2.24) is 14.8 Å². The standard InChI is InChI=1S/C21H24N4OS/c1-4-12-25-20(17-8-6-5-7-9-17)23-24-21(25)27-14-19(26)22-18-11-10-15(2)16(3)13-18/h5-11,13H,4,12,14H2,1-3H3,(H,22,26). The summed E-state index contributed by atoms with van der Waals surface area (Å²) < 4.78 is 2.09. The number of hydrogen-bond acceptors (Lipinski definition) is 4. The zero-order valence-corrected chi connectivity index (χ0v) is 16.7. The first kappa shape index (κ1) is 19.2. The average molecular weight is 381 g/mol. The van der Waals surface area contributed by atoms with Crippen molar-refractivity contribution in [1.29, 1.82) is 0 Å². The Morgan fingerprint density at radius 1 is 1.07 bits per heavy atom. The van der Waals surface area contributed by atoms with Crippen LogP contribution in [-0.4, -0.2) is 26.4 Å². The highest BCUT2D eigenvalue weighted by Crippen LogP contribution is 2.24. The molecular formula is C21H24N4OS. The highest BCUT2D eigenvalue weighted by Gasteiger charge is 2.15. The molecule has 27 heavy (non-hydrogen) atoms. The van der Waals surface area contributed by atoms with Crippen molar-refractivity contribution in [3.8, 4) is 11.4 Å². The molecule has 0 radical (unpaired) electrons.